The summed E-state index contributed by atoms with van der Waals surface area (Å²) in [5.41, 5.74) is 0.497. The first-order chi connectivity index (χ1) is 7.27. The van der Waals surface area contributed by atoms with Crippen LogP contribution in [-0.4, -0.2) is 23.5 Å². The molecule has 0 fully saturated rings. The van der Waals surface area contributed by atoms with Crippen molar-refractivity contribution in [2.24, 2.45) is 0 Å². The van der Waals surface area contributed by atoms with E-state index >= 15 is 0 Å². The van der Waals surface area contributed by atoms with Crippen LogP contribution in [0.2, 0.25) is 0 Å². The van der Waals surface area contributed by atoms with Gasteiger partial charge in [-0.1, -0.05) is 0 Å². The molecule has 1 N–H and O–H groups in total. The zero-order chi connectivity index (χ0) is 12.8. The van der Waals surface area contributed by atoms with Crippen molar-refractivity contribution >= 4 is 12.3 Å². The highest BCUT2D eigenvalue weighted by Gasteiger charge is 2.38. The molecule has 0 amide bonds. The van der Waals surface area contributed by atoms with Crippen molar-refractivity contribution in [3.63, 3.8) is 0 Å². The maximum Gasteiger partial charge on any atom is 0.490 e. The maximum atomic E-state index is 12.1. The number of aldehydes is 1. The number of alkyl halides is 3. The van der Waals surface area contributed by atoms with Crippen LogP contribution in [0.3, 0.4) is 0 Å². The van der Waals surface area contributed by atoms with Crippen LogP contribution in [0.4, 0.5) is 17.6 Å². The molecule has 0 heterocycles. The van der Waals surface area contributed by atoms with Crippen LogP contribution in [0.5, 0.6) is 0 Å². The van der Waals surface area contributed by atoms with Gasteiger partial charge in [0.25, 0.3) is 0 Å². The zero-order valence-electron chi connectivity index (χ0n) is 7.66. The van der Waals surface area contributed by atoms with Crippen LogP contribution in [0.15, 0.2) is 24.3 Å². The van der Waals surface area contributed by atoms with Crippen molar-refractivity contribution in [2.45, 2.75) is 6.18 Å². The molecule has 0 aliphatic heterocycles. The van der Waals surface area contributed by atoms with Gasteiger partial charge in [-0.15, -0.1) is 0 Å². The molecular weight excluding hydrogens is 232 g/mol. The molecule has 88 valence electrons. The minimum atomic E-state index is -5.08. The average Bonchev–Trinajstić information content (AvgIpc) is 2.18. The summed E-state index contributed by atoms with van der Waals surface area (Å²) >= 11 is 0. The van der Waals surface area contributed by atoms with Crippen LogP contribution in [0.1, 0.15) is 10.4 Å². The Morgan fingerprint density at radius 3 is 1.81 bits per heavy atom. The first-order valence-corrected chi connectivity index (χ1v) is 3.78. The molecule has 0 unspecified atom stereocenters. The molecule has 0 aliphatic rings. The number of hydrogen-bond donors (Lipinski definition) is 1. The standard InChI is InChI=1S/C7H5FO.C2HF3O2/c8-7-3-1-6(5-9)2-4-7;3-2(4,5)1(6)7/h1-5H;(H,6,7). The van der Waals surface area contributed by atoms with Gasteiger partial charge in [0, 0.05) is 5.56 Å². The Hall–Kier alpha value is -1.92. The summed E-state index contributed by atoms with van der Waals surface area (Å²) in [5, 5.41) is 7.12. The Bertz CT molecular complexity index is 356. The summed E-state index contributed by atoms with van der Waals surface area (Å²) in [6.45, 7) is 0. The second kappa shape index (κ2) is 5.84. The Balaban J connectivity index is 0.000000293. The second-order valence-corrected chi connectivity index (χ2v) is 2.47. The summed E-state index contributed by atoms with van der Waals surface area (Å²) in [6.07, 6.45) is -4.40. The average molecular weight is 238 g/mol. The minimum Gasteiger partial charge on any atom is -0.475 e. The molecule has 0 aromatic heterocycles. The van der Waals surface area contributed by atoms with Gasteiger partial charge in [0.1, 0.15) is 12.1 Å². The number of carbonyl (C=O) groups excluding carboxylic acids is 1. The van der Waals surface area contributed by atoms with E-state index < -0.39 is 12.1 Å². The van der Waals surface area contributed by atoms with Gasteiger partial charge < -0.3 is 5.11 Å². The highest BCUT2D eigenvalue weighted by molar-refractivity contribution is 5.74. The van der Waals surface area contributed by atoms with Crippen molar-refractivity contribution in [2.75, 3.05) is 0 Å². The fourth-order valence-electron chi connectivity index (χ4n) is 0.541. The number of carboxylic acids is 1. The predicted molar refractivity (Wildman–Crippen MR) is 45.5 cm³/mol. The van der Waals surface area contributed by atoms with Crippen LogP contribution in [0.25, 0.3) is 0 Å². The van der Waals surface area contributed by atoms with E-state index in [1.165, 1.54) is 24.3 Å². The van der Waals surface area contributed by atoms with Gasteiger partial charge in [-0.25, -0.2) is 9.18 Å². The molecule has 0 atom stereocenters. The third kappa shape index (κ3) is 5.74. The molecule has 16 heavy (non-hydrogen) atoms. The Morgan fingerprint density at radius 2 is 1.56 bits per heavy atom. The molecule has 1 aromatic rings. The van der Waals surface area contributed by atoms with Gasteiger partial charge in [0.2, 0.25) is 0 Å². The maximum absolute atomic E-state index is 12.1. The van der Waals surface area contributed by atoms with Crippen molar-refractivity contribution in [1.29, 1.82) is 0 Å². The number of benzene rings is 1. The monoisotopic (exact) mass is 238 g/mol. The number of carbonyl (C=O) groups is 2. The van der Waals surface area contributed by atoms with Crippen molar-refractivity contribution < 1.29 is 32.3 Å². The summed E-state index contributed by atoms with van der Waals surface area (Å²) < 4.78 is 43.8. The highest BCUT2D eigenvalue weighted by atomic mass is 19.4. The summed E-state index contributed by atoms with van der Waals surface area (Å²) in [6, 6.07) is 5.37. The van der Waals surface area contributed by atoms with Crippen molar-refractivity contribution in [1.82, 2.24) is 0 Å². The van der Waals surface area contributed by atoms with Crippen LogP contribution < -0.4 is 0 Å². The molecule has 0 saturated carbocycles. The fourth-order valence-corrected chi connectivity index (χ4v) is 0.541. The Morgan fingerprint density at radius 1 is 1.19 bits per heavy atom. The number of aliphatic carboxylic acids is 1. The van der Waals surface area contributed by atoms with Crippen LogP contribution in [-0.2, 0) is 4.79 Å². The first-order valence-electron chi connectivity index (χ1n) is 3.78. The third-order valence-corrected chi connectivity index (χ3v) is 1.25. The lowest BCUT2D eigenvalue weighted by Gasteiger charge is -1.93. The number of hydrogen-bond acceptors (Lipinski definition) is 2. The second-order valence-electron chi connectivity index (χ2n) is 2.47. The molecule has 0 spiro atoms. The molecule has 3 nitrogen and oxygen atoms in total. The van der Waals surface area contributed by atoms with E-state index in [1.54, 1.807) is 0 Å². The molecule has 7 heteroatoms. The molecular formula is C9H6F4O3. The molecule has 0 saturated heterocycles. The van der Waals surface area contributed by atoms with Crippen LogP contribution >= 0.6 is 0 Å². The van der Waals surface area contributed by atoms with E-state index in [9.17, 15) is 22.4 Å². The minimum absolute atomic E-state index is 0.319. The first kappa shape index (κ1) is 14.1. The van der Waals surface area contributed by atoms with Gasteiger partial charge in [0.05, 0.1) is 0 Å². The fraction of sp³-hybridized carbons (Fsp3) is 0.111. The zero-order valence-corrected chi connectivity index (χ0v) is 7.66. The summed E-state index contributed by atoms with van der Waals surface area (Å²) in [4.78, 5) is 18.9. The molecule has 0 bridgehead atoms. The predicted octanol–water partition coefficient (Wildman–Crippen LogP) is 2.27. The van der Waals surface area contributed by atoms with Gasteiger partial charge in [-0.05, 0) is 24.3 Å². The van der Waals surface area contributed by atoms with E-state index in [1.807, 2.05) is 0 Å². The van der Waals surface area contributed by atoms with Gasteiger partial charge >= 0.3 is 12.1 Å². The lowest BCUT2D eigenvalue weighted by Crippen LogP contribution is -2.21. The SMILES string of the molecule is O=C(O)C(F)(F)F.O=Cc1ccc(F)cc1. The van der Waals surface area contributed by atoms with Gasteiger partial charge in [-0.3, -0.25) is 4.79 Å². The van der Waals surface area contributed by atoms with E-state index in [-0.39, 0.29) is 5.82 Å². The van der Waals surface area contributed by atoms with Crippen molar-refractivity contribution in [3.8, 4) is 0 Å². The molecule has 1 rings (SSSR count). The molecule has 0 aliphatic carbocycles. The number of halogens is 4. The smallest absolute Gasteiger partial charge is 0.475 e. The Kier molecular flexibility index (Phi) is 5.14. The van der Waals surface area contributed by atoms with Gasteiger partial charge in [0.15, 0.2) is 0 Å². The number of rotatable bonds is 1. The van der Waals surface area contributed by atoms with E-state index in [4.69, 9.17) is 9.90 Å². The third-order valence-electron chi connectivity index (χ3n) is 1.25. The largest absolute Gasteiger partial charge is 0.490 e. The lowest BCUT2D eigenvalue weighted by molar-refractivity contribution is -0.192. The molecule has 1 aromatic carbocycles. The highest BCUT2D eigenvalue weighted by Crippen LogP contribution is 2.13. The normalized spacial score (nSPS) is 10.0. The Labute approximate surface area is 87.3 Å². The topological polar surface area (TPSA) is 54.4 Å². The van der Waals surface area contributed by atoms with E-state index in [0.717, 1.165) is 0 Å². The summed E-state index contributed by atoms with van der Waals surface area (Å²) in [5.74, 6) is -3.08. The molecule has 0 radical (unpaired) electrons. The quantitative estimate of drug-likeness (QED) is 0.603. The van der Waals surface area contributed by atoms with Crippen LogP contribution in [0, 0.1) is 5.82 Å². The summed E-state index contributed by atoms with van der Waals surface area (Å²) in [7, 11) is 0. The van der Waals surface area contributed by atoms with Gasteiger partial charge in [-0.2, -0.15) is 13.2 Å². The van der Waals surface area contributed by atoms with E-state index in [2.05, 4.69) is 0 Å². The van der Waals surface area contributed by atoms with E-state index in [0.29, 0.717) is 11.8 Å². The lowest BCUT2D eigenvalue weighted by atomic mass is 10.2. The van der Waals surface area contributed by atoms with Crippen molar-refractivity contribution in [3.05, 3.63) is 35.6 Å². The number of carboxylic acid groups (broad SMARTS) is 1.